The molecule has 0 atom stereocenters. The van der Waals surface area contributed by atoms with Crippen LogP contribution >= 0.6 is 0 Å². The summed E-state index contributed by atoms with van der Waals surface area (Å²) in [6, 6.07) is 9.30. The highest BCUT2D eigenvalue weighted by Gasteiger charge is 2.37. The van der Waals surface area contributed by atoms with Gasteiger partial charge in [-0.2, -0.15) is 0 Å². The molecule has 25 heavy (non-hydrogen) atoms. The Morgan fingerprint density at radius 3 is 2.76 bits per heavy atom. The number of carbonyl (C=O) groups is 1. The van der Waals surface area contributed by atoms with E-state index < -0.39 is 0 Å². The number of rotatable bonds is 5. The van der Waals surface area contributed by atoms with E-state index in [1.807, 2.05) is 23.2 Å². The Kier molecular flexibility index (Phi) is 4.77. The van der Waals surface area contributed by atoms with Crippen LogP contribution in [0.5, 0.6) is 0 Å². The fraction of sp³-hybridized carbons (Fsp3) is 0.550. The molecule has 2 aliphatic rings. The molecule has 0 unspecified atom stereocenters. The van der Waals surface area contributed by atoms with Crippen molar-refractivity contribution in [1.82, 2.24) is 14.8 Å². The third-order valence-corrected chi connectivity index (χ3v) is 5.73. The highest BCUT2D eigenvalue weighted by molar-refractivity contribution is 5.89. The summed E-state index contributed by atoms with van der Waals surface area (Å²) in [5, 5.41) is 1.16. The van der Waals surface area contributed by atoms with E-state index in [4.69, 9.17) is 4.74 Å². The Bertz CT molecular complexity index is 729. The van der Waals surface area contributed by atoms with Gasteiger partial charge in [0.05, 0.1) is 6.42 Å². The second-order valence-corrected chi connectivity index (χ2v) is 7.16. The number of ether oxygens (including phenoxy) is 1. The molecule has 0 bridgehead atoms. The van der Waals surface area contributed by atoms with Crippen LogP contribution in [-0.2, 0) is 16.0 Å². The molecule has 1 amide bonds. The van der Waals surface area contributed by atoms with Gasteiger partial charge in [0.15, 0.2) is 0 Å². The number of fused-ring (bicyclic) bond motifs is 1. The molecule has 134 valence electrons. The lowest BCUT2D eigenvalue weighted by Crippen LogP contribution is -2.63. The number of nitrogens with one attached hydrogen (secondary N) is 1. The van der Waals surface area contributed by atoms with Crippen molar-refractivity contribution in [3.05, 3.63) is 36.0 Å². The van der Waals surface area contributed by atoms with Crippen LogP contribution in [0, 0.1) is 0 Å². The lowest BCUT2D eigenvalue weighted by atomic mass is 9.99. The zero-order valence-corrected chi connectivity index (χ0v) is 14.9. The van der Waals surface area contributed by atoms with Crippen LogP contribution in [0.3, 0.4) is 0 Å². The topological polar surface area (TPSA) is 48.6 Å². The van der Waals surface area contributed by atoms with Gasteiger partial charge < -0.3 is 14.6 Å². The van der Waals surface area contributed by atoms with Crippen molar-refractivity contribution < 1.29 is 9.53 Å². The van der Waals surface area contributed by atoms with Crippen molar-refractivity contribution in [3.8, 4) is 0 Å². The van der Waals surface area contributed by atoms with Crippen molar-refractivity contribution >= 4 is 16.8 Å². The SMILES string of the molecule is CCN(C1CCOCC1)C1CN(C(=O)Cc2c[nH]c3ccccc23)C1. The lowest BCUT2D eigenvalue weighted by molar-refractivity contribution is -0.139. The Hall–Kier alpha value is -1.85. The maximum atomic E-state index is 12.6. The van der Waals surface area contributed by atoms with Crippen molar-refractivity contribution in [2.24, 2.45) is 0 Å². The molecular formula is C20H27N3O2. The van der Waals surface area contributed by atoms with Crippen LogP contribution in [0.25, 0.3) is 10.9 Å². The quantitative estimate of drug-likeness (QED) is 0.909. The predicted octanol–water partition coefficient (Wildman–Crippen LogP) is 2.42. The Morgan fingerprint density at radius 1 is 1.24 bits per heavy atom. The molecule has 2 saturated heterocycles. The summed E-state index contributed by atoms with van der Waals surface area (Å²) in [6.07, 6.45) is 4.70. The summed E-state index contributed by atoms with van der Waals surface area (Å²) in [4.78, 5) is 20.5. The molecule has 0 radical (unpaired) electrons. The monoisotopic (exact) mass is 341 g/mol. The van der Waals surface area contributed by atoms with E-state index >= 15 is 0 Å². The standard InChI is InChI=1S/C20H27N3O2/c1-2-23(16-7-9-25-10-8-16)17-13-22(14-17)20(24)11-15-12-21-19-6-4-3-5-18(15)19/h3-6,12,16-17,21H,2,7-11,13-14H2,1H3. The van der Waals surface area contributed by atoms with Gasteiger partial charge in [0.2, 0.25) is 5.91 Å². The number of nitrogens with zero attached hydrogens (tertiary/aromatic N) is 2. The summed E-state index contributed by atoms with van der Waals surface area (Å²) in [5.74, 6) is 0.240. The molecule has 5 nitrogen and oxygen atoms in total. The number of benzene rings is 1. The first kappa shape index (κ1) is 16.6. The number of likely N-dealkylation sites (tertiary alicyclic amines) is 1. The maximum absolute atomic E-state index is 12.6. The first-order valence-electron chi connectivity index (χ1n) is 9.42. The maximum Gasteiger partial charge on any atom is 0.227 e. The van der Waals surface area contributed by atoms with Gasteiger partial charge in [-0.05, 0) is 31.0 Å². The van der Waals surface area contributed by atoms with Gasteiger partial charge in [-0.1, -0.05) is 25.1 Å². The average Bonchev–Trinajstić information content (AvgIpc) is 3.01. The molecule has 0 aliphatic carbocycles. The molecule has 5 heteroatoms. The van der Waals surface area contributed by atoms with Gasteiger partial charge in [0, 0.05) is 55.5 Å². The number of likely N-dealkylation sites (N-methyl/N-ethyl adjacent to an activating group) is 1. The molecule has 1 aromatic heterocycles. The number of aromatic nitrogens is 1. The first-order chi connectivity index (χ1) is 12.3. The minimum atomic E-state index is 0.240. The summed E-state index contributed by atoms with van der Waals surface area (Å²) in [5.41, 5.74) is 2.20. The summed E-state index contributed by atoms with van der Waals surface area (Å²) in [7, 11) is 0. The zero-order chi connectivity index (χ0) is 17.2. The fourth-order valence-electron chi connectivity index (χ4n) is 4.25. The molecule has 0 saturated carbocycles. The number of aromatic amines is 1. The van der Waals surface area contributed by atoms with E-state index in [0.717, 1.165) is 62.2 Å². The van der Waals surface area contributed by atoms with Crippen molar-refractivity contribution in [2.45, 2.75) is 38.3 Å². The fourth-order valence-corrected chi connectivity index (χ4v) is 4.25. The van der Waals surface area contributed by atoms with Gasteiger partial charge in [0.1, 0.15) is 0 Å². The largest absolute Gasteiger partial charge is 0.381 e. The molecule has 1 N–H and O–H groups in total. The number of carbonyl (C=O) groups excluding carboxylic acids is 1. The highest BCUT2D eigenvalue weighted by atomic mass is 16.5. The second-order valence-electron chi connectivity index (χ2n) is 7.16. The lowest BCUT2D eigenvalue weighted by Gasteiger charge is -2.48. The van der Waals surface area contributed by atoms with Gasteiger partial charge in [-0.3, -0.25) is 9.69 Å². The molecule has 2 aliphatic heterocycles. The van der Waals surface area contributed by atoms with Crippen LogP contribution in [0.2, 0.25) is 0 Å². The van der Waals surface area contributed by atoms with Crippen LogP contribution in [0.4, 0.5) is 0 Å². The first-order valence-corrected chi connectivity index (χ1v) is 9.42. The molecule has 4 rings (SSSR count). The Balaban J connectivity index is 1.34. The molecule has 2 fully saturated rings. The van der Waals surface area contributed by atoms with E-state index in [9.17, 15) is 4.79 Å². The molecule has 2 aromatic rings. The predicted molar refractivity (Wildman–Crippen MR) is 98.6 cm³/mol. The van der Waals surface area contributed by atoms with Crippen molar-refractivity contribution in [3.63, 3.8) is 0 Å². The van der Waals surface area contributed by atoms with E-state index in [1.165, 1.54) is 0 Å². The van der Waals surface area contributed by atoms with E-state index in [-0.39, 0.29) is 5.91 Å². The number of amides is 1. The minimum absolute atomic E-state index is 0.240. The number of hydrogen-bond acceptors (Lipinski definition) is 3. The third-order valence-electron chi connectivity index (χ3n) is 5.73. The van der Waals surface area contributed by atoms with Crippen LogP contribution in [-0.4, -0.2) is 65.6 Å². The smallest absolute Gasteiger partial charge is 0.227 e. The summed E-state index contributed by atoms with van der Waals surface area (Å²) < 4.78 is 5.48. The van der Waals surface area contributed by atoms with Gasteiger partial charge in [-0.15, -0.1) is 0 Å². The van der Waals surface area contributed by atoms with Crippen LogP contribution in [0.15, 0.2) is 30.5 Å². The van der Waals surface area contributed by atoms with Gasteiger partial charge >= 0.3 is 0 Å². The molecule has 1 aromatic carbocycles. The van der Waals surface area contributed by atoms with E-state index in [2.05, 4.69) is 28.9 Å². The minimum Gasteiger partial charge on any atom is -0.381 e. The van der Waals surface area contributed by atoms with Crippen molar-refractivity contribution in [2.75, 3.05) is 32.8 Å². The van der Waals surface area contributed by atoms with Crippen molar-refractivity contribution in [1.29, 1.82) is 0 Å². The van der Waals surface area contributed by atoms with Gasteiger partial charge in [0.25, 0.3) is 0 Å². The second kappa shape index (κ2) is 7.18. The molecular weight excluding hydrogens is 314 g/mol. The molecule has 3 heterocycles. The van der Waals surface area contributed by atoms with Gasteiger partial charge in [-0.25, -0.2) is 0 Å². The van der Waals surface area contributed by atoms with Crippen LogP contribution < -0.4 is 0 Å². The normalized spacial score (nSPS) is 19.5. The Morgan fingerprint density at radius 2 is 2.00 bits per heavy atom. The summed E-state index contributed by atoms with van der Waals surface area (Å²) >= 11 is 0. The number of H-pyrrole nitrogens is 1. The Labute approximate surface area is 148 Å². The number of hydrogen-bond donors (Lipinski definition) is 1. The zero-order valence-electron chi connectivity index (χ0n) is 14.9. The third kappa shape index (κ3) is 3.31. The number of para-hydroxylation sites is 1. The van der Waals surface area contributed by atoms with Crippen LogP contribution in [0.1, 0.15) is 25.3 Å². The summed E-state index contributed by atoms with van der Waals surface area (Å²) in [6.45, 7) is 6.76. The molecule has 0 spiro atoms. The average molecular weight is 341 g/mol. The van der Waals surface area contributed by atoms with E-state index in [1.54, 1.807) is 0 Å². The van der Waals surface area contributed by atoms with E-state index in [0.29, 0.717) is 18.5 Å². The highest BCUT2D eigenvalue weighted by Crippen LogP contribution is 2.24.